The maximum atomic E-state index is 9.32. The van der Waals surface area contributed by atoms with Crippen LogP contribution in [0.1, 0.15) is 0 Å². The lowest BCUT2D eigenvalue weighted by Gasteiger charge is -2.08. The van der Waals surface area contributed by atoms with Gasteiger partial charge >= 0.3 is 0 Å². The zero-order valence-corrected chi connectivity index (χ0v) is 8.41. The first-order chi connectivity index (χ1) is 7.61. The van der Waals surface area contributed by atoms with Crippen LogP contribution in [-0.4, -0.2) is 42.4 Å². The average Bonchev–Trinajstić information content (AvgIpc) is 2.61. The molecule has 1 unspecified atom stereocenters. The van der Waals surface area contributed by atoms with Crippen LogP contribution in [0.25, 0.3) is 11.2 Å². The van der Waals surface area contributed by atoms with Crippen LogP contribution in [-0.2, 0) is 6.54 Å². The fourth-order valence-corrected chi connectivity index (χ4v) is 1.40. The number of nitrogen functional groups attached to an aromatic ring is 2. The van der Waals surface area contributed by atoms with E-state index in [4.69, 9.17) is 16.6 Å². The molecule has 8 heteroatoms. The third-order valence-electron chi connectivity index (χ3n) is 2.13. The van der Waals surface area contributed by atoms with Crippen molar-refractivity contribution in [1.29, 1.82) is 0 Å². The smallest absolute Gasteiger partial charge is 0.224 e. The first kappa shape index (κ1) is 10.6. The Bertz CT molecular complexity index is 510. The summed E-state index contributed by atoms with van der Waals surface area (Å²) in [6.07, 6.45) is 0.586. The lowest BCUT2D eigenvalue weighted by molar-refractivity contribution is 0.0820. The van der Waals surface area contributed by atoms with Gasteiger partial charge in [0.05, 0.1) is 25.6 Å². The molecule has 0 saturated heterocycles. The van der Waals surface area contributed by atoms with Crippen molar-refractivity contribution in [3.05, 3.63) is 6.33 Å². The molecule has 0 aromatic carbocycles. The molecule has 0 bridgehead atoms. The Kier molecular flexibility index (Phi) is 2.59. The molecule has 0 fully saturated rings. The fourth-order valence-electron chi connectivity index (χ4n) is 1.40. The minimum Gasteiger partial charge on any atom is -0.394 e. The molecule has 0 amide bonds. The number of imidazole rings is 1. The number of aliphatic hydroxyl groups excluding tert-OH is 2. The molecular formula is C8H12N6O2. The van der Waals surface area contributed by atoms with E-state index < -0.39 is 6.10 Å². The Labute approximate surface area is 90.6 Å². The van der Waals surface area contributed by atoms with E-state index in [0.29, 0.717) is 11.2 Å². The minimum atomic E-state index is -0.880. The van der Waals surface area contributed by atoms with Crippen molar-refractivity contribution in [2.75, 3.05) is 18.1 Å². The van der Waals surface area contributed by atoms with Crippen LogP contribution < -0.4 is 11.5 Å². The van der Waals surface area contributed by atoms with Gasteiger partial charge in [-0.2, -0.15) is 9.97 Å². The van der Waals surface area contributed by atoms with Gasteiger partial charge in [-0.1, -0.05) is 0 Å². The van der Waals surface area contributed by atoms with E-state index in [1.165, 1.54) is 6.33 Å². The normalized spacial score (nSPS) is 13.1. The molecule has 86 valence electrons. The zero-order chi connectivity index (χ0) is 11.7. The maximum absolute atomic E-state index is 9.32. The van der Waals surface area contributed by atoms with E-state index in [-0.39, 0.29) is 24.9 Å². The zero-order valence-electron chi connectivity index (χ0n) is 8.41. The number of nitrogens with two attached hydrogens (primary N) is 2. The summed E-state index contributed by atoms with van der Waals surface area (Å²) in [5.41, 5.74) is 11.9. The monoisotopic (exact) mass is 224 g/mol. The highest BCUT2D eigenvalue weighted by molar-refractivity contribution is 5.82. The third-order valence-corrected chi connectivity index (χ3v) is 2.13. The van der Waals surface area contributed by atoms with Crippen molar-refractivity contribution in [3.63, 3.8) is 0 Å². The Morgan fingerprint density at radius 3 is 2.81 bits per heavy atom. The van der Waals surface area contributed by atoms with Gasteiger partial charge < -0.3 is 26.2 Å². The van der Waals surface area contributed by atoms with Crippen LogP contribution in [0.2, 0.25) is 0 Å². The molecule has 6 N–H and O–H groups in total. The van der Waals surface area contributed by atoms with E-state index in [1.807, 2.05) is 0 Å². The van der Waals surface area contributed by atoms with Crippen molar-refractivity contribution < 1.29 is 10.2 Å². The Morgan fingerprint density at radius 2 is 2.12 bits per heavy atom. The molecule has 8 nitrogen and oxygen atoms in total. The highest BCUT2D eigenvalue weighted by Crippen LogP contribution is 2.16. The molecule has 2 rings (SSSR count). The lowest BCUT2D eigenvalue weighted by atomic mass is 10.4. The van der Waals surface area contributed by atoms with Crippen molar-refractivity contribution in [1.82, 2.24) is 19.5 Å². The van der Waals surface area contributed by atoms with Gasteiger partial charge in [0.2, 0.25) is 5.95 Å². The van der Waals surface area contributed by atoms with Gasteiger partial charge in [-0.05, 0) is 0 Å². The van der Waals surface area contributed by atoms with E-state index in [9.17, 15) is 5.11 Å². The predicted molar refractivity (Wildman–Crippen MR) is 57.2 cm³/mol. The molecule has 2 heterocycles. The van der Waals surface area contributed by atoms with Gasteiger partial charge in [0.1, 0.15) is 5.52 Å². The van der Waals surface area contributed by atoms with E-state index in [0.717, 1.165) is 0 Å². The summed E-state index contributed by atoms with van der Waals surface area (Å²) in [5, 5.41) is 18.1. The lowest BCUT2D eigenvalue weighted by Crippen LogP contribution is -2.19. The second-order valence-corrected chi connectivity index (χ2v) is 3.37. The maximum Gasteiger partial charge on any atom is 0.224 e. The van der Waals surface area contributed by atoms with Crippen molar-refractivity contribution >= 4 is 22.9 Å². The van der Waals surface area contributed by atoms with Crippen molar-refractivity contribution in [2.45, 2.75) is 12.6 Å². The van der Waals surface area contributed by atoms with Gasteiger partial charge in [0, 0.05) is 0 Å². The molecule has 16 heavy (non-hydrogen) atoms. The number of fused-ring (bicyclic) bond motifs is 1. The molecule has 2 aromatic rings. The Hall–Kier alpha value is -1.93. The summed E-state index contributed by atoms with van der Waals surface area (Å²) >= 11 is 0. The number of nitrogens with zero attached hydrogens (tertiary/aromatic N) is 4. The molecule has 0 aliphatic rings. The molecule has 0 saturated carbocycles. The molecule has 0 spiro atoms. The Morgan fingerprint density at radius 1 is 1.38 bits per heavy atom. The summed E-state index contributed by atoms with van der Waals surface area (Å²) in [4.78, 5) is 11.8. The summed E-state index contributed by atoms with van der Waals surface area (Å²) in [6.45, 7) is -0.168. The number of anilines is 2. The quantitative estimate of drug-likeness (QED) is 0.490. The third kappa shape index (κ3) is 1.75. The van der Waals surface area contributed by atoms with E-state index in [2.05, 4.69) is 15.0 Å². The van der Waals surface area contributed by atoms with E-state index >= 15 is 0 Å². The number of hydrogen-bond acceptors (Lipinski definition) is 7. The van der Waals surface area contributed by atoms with Crippen LogP contribution in [0.3, 0.4) is 0 Å². The second kappa shape index (κ2) is 3.91. The van der Waals surface area contributed by atoms with Crippen molar-refractivity contribution in [3.8, 4) is 0 Å². The largest absolute Gasteiger partial charge is 0.394 e. The molecule has 0 radical (unpaired) electrons. The van der Waals surface area contributed by atoms with Crippen LogP contribution in [0, 0.1) is 0 Å². The second-order valence-electron chi connectivity index (χ2n) is 3.37. The van der Waals surface area contributed by atoms with Crippen molar-refractivity contribution in [2.24, 2.45) is 0 Å². The minimum absolute atomic E-state index is 0.0465. The number of rotatable bonds is 3. The highest BCUT2D eigenvalue weighted by Gasteiger charge is 2.12. The summed E-state index contributed by atoms with van der Waals surface area (Å²) < 4.78 is 1.56. The topological polar surface area (TPSA) is 136 Å². The van der Waals surface area contributed by atoms with Crippen LogP contribution >= 0.6 is 0 Å². The van der Waals surface area contributed by atoms with Crippen LogP contribution in [0.5, 0.6) is 0 Å². The fraction of sp³-hybridized carbons (Fsp3) is 0.375. The van der Waals surface area contributed by atoms with Gasteiger partial charge in [-0.3, -0.25) is 0 Å². The van der Waals surface area contributed by atoms with Gasteiger partial charge in [0.25, 0.3) is 0 Å². The Balaban J connectivity index is 2.47. The first-order valence-electron chi connectivity index (χ1n) is 4.64. The van der Waals surface area contributed by atoms with Gasteiger partial charge in [-0.25, -0.2) is 4.98 Å². The summed E-state index contributed by atoms with van der Waals surface area (Å²) in [6, 6.07) is 0. The SMILES string of the molecule is Nc1nc(N)c2ncn(CC(O)CO)c2n1. The van der Waals surface area contributed by atoms with Gasteiger partial charge in [-0.15, -0.1) is 0 Å². The molecule has 0 aliphatic carbocycles. The van der Waals surface area contributed by atoms with Gasteiger partial charge in [0.15, 0.2) is 11.5 Å². The highest BCUT2D eigenvalue weighted by atomic mass is 16.3. The summed E-state index contributed by atoms with van der Waals surface area (Å²) in [7, 11) is 0. The summed E-state index contributed by atoms with van der Waals surface area (Å²) in [5.74, 6) is 0.241. The van der Waals surface area contributed by atoms with Crippen LogP contribution in [0.15, 0.2) is 6.33 Å². The molecule has 1 atom stereocenters. The van der Waals surface area contributed by atoms with Crippen LogP contribution in [0.4, 0.5) is 11.8 Å². The predicted octanol–water partition coefficient (Wildman–Crippen LogP) is -1.66. The number of aliphatic hydroxyl groups is 2. The number of hydrogen-bond donors (Lipinski definition) is 4. The molecule has 0 aliphatic heterocycles. The molecular weight excluding hydrogens is 212 g/mol. The number of aromatic nitrogens is 4. The molecule has 2 aromatic heterocycles. The standard InChI is InChI=1S/C8H12N6O2/c9-6-5-7(13-8(10)12-6)14(3-11-5)1-4(16)2-15/h3-4,15-16H,1-2H2,(H4,9,10,12,13). The van der Waals surface area contributed by atoms with E-state index in [1.54, 1.807) is 4.57 Å². The first-order valence-corrected chi connectivity index (χ1v) is 4.64. The average molecular weight is 224 g/mol.